The van der Waals surface area contributed by atoms with Crippen LogP contribution in [0.4, 0.5) is 10.8 Å². The number of thiazole rings is 1. The van der Waals surface area contributed by atoms with Gasteiger partial charge in [-0.2, -0.15) is 0 Å². The van der Waals surface area contributed by atoms with Crippen molar-refractivity contribution in [3.05, 3.63) is 52.1 Å². The molecule has 10 heteroatoms. The van der Waals surface area contributed by atoms with Crippen LogP contribution in [0, 0.1) is 10.1 Å². The minimum Gasteiger partial charge on any atom is -0.495 e. The summed E-state index contributed by atoms with van der Waals surface area (Å²) in [6, 6.07) is 9.61. The van der Waals surface area contributed by atoms with Gasteiger partial charge in [-0.1, -0.05) is 23.5 Å². The summed E-state index contributed by atoms with van der Waals surface area (Å²) in [5.41, 5.74) is 1.31. The van der Waals surface area contributed by atoms with E-state index in [1.54, 1.807) is 37.3 Å². The number of nitro groups is 1. The van der Waals surface area contributed by atoms with Crippen LogP contribution in [-0.2, 0) is 16.0 Å². The van der Waals surface area contributed by atoms with Crippen molar-refractivity contribution in [1.82, 2.24) is 4.98 Å². The Morgan fingerprint density at radius 3 is 2.56 bits per heavy atom. The summed E-state index contributed by atoms with van der Waals surface area (Å²) in [6.07, 6.45) is 1.86. The Balaban J connectivity index is 1.67. The van der Waals surface area contributed by atoms with Crippen LogP contribution in [0.5, 0.6) is 11.5 Å². The number of aromatic nitrogens is 1. The second-order valence-electron chi connectivity index (χ2n) is 7.38. The molecule has 168 valence electrons. The predicted octanol–water partition coefficient (Wildman–Crippen LogP) is 3.98. The first-order valence-corrected chi connectivity index (χ1v) is 11.0. The lowest BCUT2D eigenvalue weighted by Gasteiger charge is -2.23. The maximum atomic E-state index is 13.3. The van der Waals surface area contributed by atoms with Gasteiger partial charge in [-0.15, -0.1) is 0 Å². The molecule has 0 aliphatic carbocycles. The van der Waals surface area contributed by atoms with Crippen molar-refractivity contribution < 1.29 is 23.9 Å². The van der Waals surface area contributed by atoms with Crippen LogP contribution in [-0.4, -0.2) is 49.3 Å². The van der Waals surface area contributed by atoms with Gasteiger partial charge >= 0.3 is 0 Å². The number of hydrogen-bond acceptors (Lipinski definition) is 8. The van der Waals surface area contributed by atoms with E-state index >= 15 is 0 Å². The first-order valence-electron chi connectivity index (χ1n) is 10.2. The second-order valence-corrected chi connectivity index (χ2v) is 8.36. The quantitative estimate of drug-likeness (QED) is 0.372. The summed E-state index contributed by atoms with van der Waals surface area (Å²) in [5.74, 6) is 1.10. The van der Waals surface area contributed by atoms with E-state index in [4.69, 9.17) is 19.2 Å². The molecule has 4 rings (SSSR count). The Morgan fingerprint density at radius 1 is 1.22 bits per heavy atom. The van der Waals surface area contributed by atoms with Gasteiger partial charge in [0, 0.05) is 18.7 Å². The summed E-state index contributed by atoms with van der Waals surface area (Å²) in [5, 5.41) is 11.4. The number of hydrogen-bond donors (Lipinski definition) is 0. The predicted molar refractivity (Wildman–Crippen MR) is 121 cm³/mol. The van der Waals surface area contributed by atoms with Gasteiger partial charge in [0.2, 0.25) is 5.91 Å². The van der Waals surface area contributed by atoms with Gasteiger partial charge in [0.1, 0.15) is 21.7 Å². The fourth-order valence-corrected chi connectivity index (χ4v) is 4.77. The van der Waals surface area contributed by atoms with Crippen molar-refractivity contribution in [1.29, 1.82) is 0 Å². The number of non-ortho nitro benzene ring substituents is 1. The number of methoxy groups -OCH3 is 2. The number of nitro benzene ring substituents is 1. The molecule has 2 aromatic carbocycles. The third-order valence-corrected chi connectivity index (χ3v) is 6.44. The van der Waals surface area contributed by atoms with Crippen LogP contribution < -0.4 is 14.4 Å². The molecule has 0 radical (unpaired) electrons. The van der Waals surface area contributed by atoms with Crippen LogP contribution in [0.3, 0.4) is 0 Å². The van der Waals surface area contributed by atoms with Crippen LogP contribution in [0.2, 0.25) is 0 Å². The van der Waals surface area contributed by atoms with Crippen LogP contribution >= 0.6 is 11.3 Å². The second kappa shape index (κ2) is 9.49. The molecule has 1 fully saturated rings. The highest BCUT2D eigenvalue weighted by atomic mass is 32.1. The standard InChI is InChI=1S/C22H23N3O6S/c1-29-17-9-10-18(30-2)21-20(17)23-22(32-21)24(13-16-4-3-11-31-16)19(26)12-14-5-7-15(8-6-14)25(27)28/h5-10,16H,3-4,11-13H2,1-2H3. The first-order chi connectivity index (χ1) is 15.5. The molecule has 1 unspecified atom stereocenters. The molecule has 0 bridgehead atoms. The zero-order valence-corrected chi connectivity index (χ0v) is 18.6. The average molecular weight is 458 g/mol. The highest BCUT2D eigenvalue weighted by Gasteiger charge is 2.27. The summed E-state index contributed by atoms with van der Waals surface area (Å²) < 4.78 is 17.5. The summed E-state index contributed by atoms with van der Waals surface area (Å²) >= 11 is 1.36. The Morgan fingerprint density at radius 2 is 1.94 bits per heavy atom. The number of carbonyl (C=O) groups is 1. The highest BCUT2D eigenvalue weighted by Crippen LogP contribution is 2.40. The molecule has 1 saturated heterocycles. The van der Waals surface area contributed by atoms with Gasteiger partial charge in [0.25, 0.3) is 5.69 Å². The lowest BCUT2D eigenvalue weighted by Crippen LogP contribution is -2.38. The number of carbonyl (C=O) groups excluding carboxylic acids is 1. The zero-order valence-electron chi connectivity index (χ0n) is 17.8. The van der Waals surface area contributed by atoms with Crippen LogP contribution in [0.25, 0.3) is 10.2 Å². The van der Waals surface area contributed by atoms with Crippen molar-refractivity contribution in [2.75, 3.05) is 32.3 Å². The van der Waals surface area contributed by atoms with Crippen molar-refractivity contribution in [3.8, 4) is 11.5 Å². The summed E-state index contributed by atoms with van der Waals surface area (Å²) in [7, 11) is 3.16. The molecule has 9 nitrogen and oxygen atoms in total. The molecule has 0 spiro atoms. The molecule has 1 amide bonds. The zero-order chi connectivity index (χ0) is 22.7. The topological polar surface area (TPSA) is 104 Å². The van der Waals surface area contributed by atoms with Crippen molar-refractivity contribution in [2.45, 2.75) is 25.4 Å². The number of nitrogens with zero attached hydrogens (tertiary/aromatic N) is 3. The SMILES string of the molecule is COc1ccc(OC)c2sc(N(CC3CCCO3)C(=O)Cc3ccc([N+](=O)[O-])cc3)nc12. The number of ether oxygens (including phenoxy) is 3. The van der Waals surface area contributed by atoms with Gasteiger partial charge in [0.15, 0.2) is 5.13 Å². The minimum atomic E-state index is -0.461. The van der Waals surface area contributed by atoms with Crippen LogP contribution in [0.1, 0.15) is 18.4 Å². The number of benzene rings is 2. The highest BCUT2D eigenvalue weighted by molar-refractivity contribution is 7.22. The van der Waals surface area contributed by atoms with Gasteiger partial charge in [-0.3, -0.25) is 19.8 Å². The first kappa shape index (κ1) is 22.0. The number of anilines is 1. The number of amides is 1. The third-order valence-electron chi connectivity index (χ3n) is 5.34. The number of fused-ring (bicyclic) bond motifs is 1. The van der Waals surface area contributed by atoms with Gasteiger partial charge in [-0.05, 0) is 30.5 Å². The van der Waals surface area contributed by atoms with Gasteiger partial charge in [-0.25, -0.2) is 4.98 Å². The van der Waals surface area contributed by atoms with E-state index in [-0.39, 0.29) is 24.1 Å². The van der Waals surface area contributed by atoms with E-state index in [9.17, 15) is 14.9 Å². The Hall–Kier alpha value is -3.24. The molecule has 1 aromatic heterocycles. The molecule has 0 N–H and O–H groups in total. The molecular weight excluding hydrogens is 434 g/mol. The van der Waals surface area contributed by atoms with Crippen molar-refractivity contribution >= 4 is 38.3 Å². The Bertz CT molecular complexity index is 1080. The van der Waals surface area contributed by atoms with E-state index in [2.05, 4.69) is 0 Å². The fraction of sp³-hybridized carbons (Fsp3) is 0.364. The van der Waals surface area contributed by atoms with Gasteiger partial charge in [0.05, 0.1) is 38.2 Å². The molecule has 1 aliphatic heterocycles. The smallest absolute Gasteiger partial charge is 0.269 e. The average Bonchev–Trinajstić information content (AvgIpc) is 3.47. The maximum Gasteiger partial charge on any atom is 0.269 e. The van der Waals surface area contributed by atoms with Gasteiger partial charge < -0.3 is 14.2 Å². The molecule has 1 aliphatic rings. The summed E-state index contributed by atoms with van der Waals surface area (Å²) in [6.45, 7) is 1.06. The lowest BCUT2D eigenvalue weighted by molar-refractivity contribution is -0.384. The molecule has 3 aromatic rings. The molecule has 0 saturated carbocycles. The molecular formula is C22H23N3O6S. The molecule has 2 heterocycles. The van der Waals surface area contributed by atoms with Crippen LogP contribution in [0.15, 0.2) is 36.4 Å². The minimum absolute atomic E-state index is 0.0113. The van der Waals surface area contributed by atoms with Crippen molar-refractivity contribution in [3.63, 3.8) is 0 Å². The molecule has 32 heavy (non-hydrogen) atoms. The Kier molecular flexibility index (Phi) is 6.52. The van der Waals surface area contributed by atoms with E-state index < -0.39 is 4.92 Å². The van der Waals surface area contributed by atoms with E-state index in [0.29, 0.717) is 40.9 Å². The monoisotopic (exact) mass is 457 g/mol. The maximum absolute atomic E-state index is 13.3. The normalized spacial score (nSPS) is 15.6. The summed E-state index contributed by atoms with van der Waals surface area (Å²) in [4.78, 5) is 30.1. The fourth-order valence-electron chi connectivity index (χ4n) is 3.67. The number of rotatable bonds is 8. The molecule has 1 atom stereocenters. The Labute approximate surface area is 188 Å². The van der Waals surface area contributed by atoms with E-state index in [1.165, 1.54) is 23.5 Å². The lowest BCUT2D eigenvalue weighted by atomic mass is 10.1. The van der Waals surface area contributed by atoms with E-state index in [1.807, 2.05) is 6.07 Å². The van der Waals surface area contributed by atoms with E-state index in [0.717, 1.165) is 17.5 Å². The largest absolute Gasteiger partial charge is 0.495 e. The third kappa shape index (κ3) is 4.51. The van der Waals surface area contributed by atoms with Crippen molar-refractivity contribution in [2.24, 2.45) is 0 Å².